The lowest BCUT2D eigenvalue weighted by molar-refractivity contribution is -0.141. The number of carbonyl (C=O) groups is 1. The third-order valence-corrected chi connectivity index (χ3v) is 6.79. The van der Waals surface area contributed by atoms with Gasteiger partial charge in [0.15, 0.2) is 0 Å². The molecule has 102 valence electrons. The molecule has 3 saturated carbocycles. The molecule has 0 heterocycles. The number of ketones is 1. The van der Waals surface area contributed by atoms with Crippen LogP contribution in [-0.4, -0.2) is 28.2 Å². The third kappa shape index (κ3) is 1.04. The summed E-state index contributed by atoms with van der Waals surface area (Å²) in [6.07, 6.45) is 0.365. The number of carbonyl (C=O) groups excluding carboxylic acids is 1. The molecule has 3 rings (SSSR count). The summed E-state index contributed by atoms with van der Waals surface area (Å²) in [7, 11) is 0. The Balaban J connectivity index is 2.13. The highest BCUT2D eigenvalue weighted by Gasteiger charge is 2.77. The minimum absolute atomic E-state index is 0.0619. The second-order valence-electron chi connectivity index (χ2n) is 7.39. The van der Waals surface area contributed by atoms with E-state index in [0.717, 1.165) is 0 Å². The van der Waals surface area contributed by atoms with Crippen LogP contribution in [0.3, 0.4) is 0 Å². The van der Waals surface area contributed by atoms with E-state index in [-0.39, 0.29) is 23.5 Å². The zero-order valence-electron chi connectivity index (χ0n) is 11.7. The Morgan fingerprint density at radius 1 is 1.17 bits per heavy atom. The first-order valence-corrected chi connectivity index (χ1v) is 7.16. The summed E-state index contributed by atoms with van der Waals surface area (Å²) in [5.74, 6) is 1.13. The van der Waals surface area contributed by atoms with E-state index in [1.165, 1.54) is 0 Å². The molecule has 3 aliphatic rings. The summed E-state index contributed by atoms with van der Waals surface area (Å²) in [4.78, 5) is 12.8. The minimum atomic E-state index is -0.731. The number of aliphatic hydroxyl groups excluding tert-OH is 2. The molecule has 3 aliphatic carbocycles. The van der Waals surface area contributed by atoms with Crippen molar-refractivity contribution in [3.8, 4) is 0 Å². The zero-order valence-corrected chi connectivity index (χ0v) is 11.7. The molecule has 0 aromatic heterocycles. The Morgan fingerprint density at radius 2 is 1.78 bits per heavy atom. The van der Waals surface area contributed by atoms with Crippen LogP contribution in [0.5, 0.6) is 0 Å². The molecule has 0 aromatic carbocycles. The standard InChI is InChI=1S/C15H24O3/c1-7(2)8-5-10(16)14(3)9-6-11(17)15(14,4)13(18)12(8)9/h7-12,16-17H,5-6H2,1-4H3. The van der Waals surface area contributed by atoms with E-state index in [0.29, 0.717) is 18.8 Å². The molecule has 0 saturated heterocycles. The van der Waals surface area contributed by atoms with E-state index in [1.54, 1.807) is 0 Å². The Bertz CT molecular complexity index is 405. The summed E-state index contributed by atoms with van der Waals surface area (Å²) < 4.78 is 0. The maximum Gasteiger partial charge on any atom is 0.145 e. The first kappa shape index (κ1) is 12.6. The minimum Gasteiger partial charge on any atom is -0.393 e. The first-order valence-electron chi connectivity index (χ1n) is 7.16. The van der Waals surface area contributed by atoms with Crippen LogP contribution in [0.25, 0.3) is 0 Å². The van der Waals surface area contributed by atoms with Gasteiger partial charge in [-0.2, -0.15) is 0 Å². The zero-order chi connectivity index (χ0) is 13.5. The lowest BCUT2D eigenvalue weighted by Gasteiger charge is -2.46. The Hall–Kier alpha value is -0.410. The quantitative estimate of drug-likeness (QED) is 0.745. The average molecular weight is 252 g/mol. The molecule has 0 spiro atoms. The van der Waals surface area contributed by atoms with Crippen LogP contribution in [0.4, 0.5) is 0 Å². The first-order chi connectivity index (χ1) is 8.26. The van der Waals surface area contributed by atoms with E-state index in [2.05, 4.69) is 13.8 Å². The molecule has 18 heavy (non-hydrogen) atoms. The summed E-state index contributed by atoms with van der Waals surface area (Å²) in [6.45, 7) is 8.18. The molecule has 0 radical (unpaired) electrons. The van der Waals surface area contributed by atoms with Crippen molar-refractivity contribution in [2.24, 2.45) is 34.5 Å². The van der Waals surface area contributed by atoms with Gasteiger partial charge in [-0.15, -0.1) is 0 Å². The van der Waals surface area contributed by atoms with Crippen LogP contribution < -0.4 is 0 Å². The predicted molar refractivity (Wildman–Crippen MR) is 67.8 cm³/mol. The van der Waals surface area contributed by atoms with Crippen LogP contribution in [0.1, 0.15) is 40.5 Å². The molecule has 0 aromatic rings. The Labute approximate surface area is 109 Å². The number of aliphatic hydroxyl groups is 2. The van der Waals surface area contributed by atoms with Gasteiger partial charge >= 0.3 is 0 Å². The SMILES string of the molecule is CC(C)C1CC(O)C2(C)C3CC(O)C2(C)C(=O)C13. The predicted octanol–water partition coefficient (Wildman–Crippen LogP) is 1.62. The van der Waals surface area contributed by atoms with Crippen LogP contribution in [0.2, 0.25) is 0 Å². The van der Waals surface area contributed by atoms with E-state index >= 15 is 0 Å². The lowest BCUT2D eigenvalue weighted by Crippen LogP contribution is -2.49. The second kappa shape index (κ2) is 3.37. The molecule has 7 unspecified atom stereocenters. The summed E-state index contributed by atoms with van der Waals surface area (Å²) >= 11 is 0. The second-order valence-corrected chi connectivity index (χ2v) is 7.39. The maximum atomic E-state index is 12.8. The molecule has 3 nitrogen and oxygen atoms in total. The fraction of sp³-hybridized carbons (Fsp3) is 0.933. The van der Waals surface area contributed by atoms with E-state index in [1.807, 2.05) is 13.8 Å². The van der Waals surface area contributed by atoms with Crippen molar-refractivity contribution < 1.29 is 15.0 Å². The van der Waals surface area contributed by atoms with Crippen molar-refractivity contribution >= 4 is 5.78 Å². The van der Waals surface area contributed by atoms with Gasteiger partial charge in [0.2, 0.25) is 0 Å². The van der Waals surface area contributed by atoms with Crippen molar-refractivity contribution in [2.75, 3.05) is 0 Å². The van der Waals surface area contributed by atoms with E-state index < -0.39 is 23.0 Å². The highest BCUT2D eigenvalue weighted by Crippen LogP contribution is 2.72. The molecule has 3 heteroatoms. The van der Waals surface area contributed by atoms with Crippen LogP contribution >= 0.6 is 0 Å². The van der Waals surface area contributed by atoms with Gasteiger partial charge in [0.25, 0.3) is 0 Å². The lowest BCUT2D eigenvalue weighted by atomic mass is 9.60. The van der Waals surface area contributed by atoms with Gasteiger partial charge in [-0.1, -0.05) is 20.8 Å². The molecular weight excluding hydrogens is 228 g/mol. The van der Waals surface area contributed by atoms with Gasteiger partial charge in [0, 0.05) is 11.3 Å². The topological polar surface area (TPSA) is 57.5 Å². The van der Waals surface area contributed by atoms with Crippen molar-refractivity contribution in [3.05, 3.63) is 0 Å². The molecule has 4 bridgehead atoms. The highest BCUT2D eigenvalue weighted by molar-refractivity contribution is 5.93. The third-order valence-electron chi connectivity index (χ3n) is 6.79. The van der Waals surface area contributed by atoms with Crippen molar-refractivity contribution in [1.82, 2.24) is 0 Å². The van der Waals surface area contributed by atoms with Gasteiger partial charge in [0.1, 0.15) is 5.78 Å². The van der Waals surface area contributed by atoms with E-state index in [4.69, 9.17) is 0 Å². The summed E-state index contributed by atoms with van der Waals surface area (Å²) in [6, 6.07) is 0. The Kier molecular flexibility index (Phi) is 2.36. The number of Topliss-reactive ketones (excluding diaryl/α,β-unsaturated/α-hetero) is 1. The fourth-order valence-corrected chi connectivity index (χ4v) is 5.37. The van der Waals surface area contributed by atoms with Gasteiger partial charge in [-0.3, -0.25) is 4.79 Å². The van der Waals surface area contributed by atoms with Crippen LogP contribution in [0, 0.1) is 34.5 Å². The molecule has 7 atom stereocenters. The molecule has 0 amide bonds. The molecule has 2 N–H and O–H groups in total. The fourth-order valence-electron chi connectivity index (χ4n) is 5.37. The monoisotopic (exact) mass is 252 g/mol. The maximum absolute atomic E-state index is 12.8. The largest absolute Gasteiger partial charge is 0.393 e. The van der Waals surface area contributed by atoms with E-state index in [9.17, 15) is 15.0 Å². The summed E-state index contributed by atoms with van der Waals surface area (Å²) in [5.41, 5.74) is -1.15. The van der Waals surface area contributed by atoms with Crippen LogP contribution in [-0.2, 0) is 4.79 Å². The number of rotatable bonds is 1. The van der Waals surface area contributed by atoms with Crippen molar-refractivity contribution in [2.45, 2.75) is 52.7 Å². The number of hydrogen-bond acceptors (Lipinski definition) is 3. The average Bonchev–Trinajstić information content (AvgIpc) is 2.56. The molecule has 0 aliphatic heterocycles. The Morgan fingerprint density at radius 3 is 2.33 bits per heavy atom. The van der Waals surface area contributed by atoms with Gasteiger partial charge < -0.3 is 10.2 Å². The van der Waals surface area contributed by atoms with Gasteiger partial charge in [0.05, 0.1) is 17.6 Å². The molecular formula is C15H24O3. The molecule has 3 fully saturated rings. The van der Waals surface area contributed by atoms with Crippen molar-refractivity contribution in [1.29, 1.82) is 0 Å². The normalized spacial score (nSPS) is 58.6. The van der Waals surface area contributed by atoms with Crippen LogP contribution in [0.15, 0.2) is 0 Å². The smallest absolute Gasteiger partial charge is 0.145 e. The number of hydrogen-bond donors (Lipinski definition) is 2. The summed E-state index contributed by atoms with van der Waals surface area (Å²) in [5, 5.41) is 20.9. The van der Waals surface area contributed by atoms with Gasteiger partial charge in [-0.05, 0) is 37.5 Å². The van der Waals surface area contributed by atoms with Crippen molar-refractivity contribution in [3.63, 3.8) is 0 Å². The van der Waals surface area contributed by atoms with Gasteiger partial charge in [-0.25, -0.2) is 0 Å². The highest BCUT2D eigenvalue weighted by atomic mass is 16.3.